The Bertz CT molecular complexity index is 971. The first-order valence-electron chi connectivity index (χ1n) is 10.1. The molecular formula is C24H28O4S. The third-order valence-corrected chi connectivity index (χ3v) is 7.23. The van der Waals surface area contributed by atoms with Crippen molar-refractivity contribution in [3.63, 3.8) is 0 Å². The minimum atomic E-state index is -3.42. The van der Waals surface area contributed by atoms with Gasteiger partial charge in [-0.15, -0.1) is 0 Å². The second kappa shape index (κ2) is 9.04. The highest BCUT2D eigenvalue weighted by Gasteiger charge is 2.34. The fourth-order valence-electron chi connectivity index (χ4n) is 4.42. The molecule has 0 amide bonds. The highest BCUT2D eigenvalue weighted by Crippen LogP contribution is 2.37. The Kier molecular flexibility index (Phi) is 6.68. The lowest BCUT2D eigenvalue weighted by atomic mass is 9.73. The van der Waals surface area contributed by atoms with Crippen molar-refractivity contribution in [2.24, 2.45) is 11.8 Å². The van der Waals surface area contributed by atoms with Crippen molar-refractivity contribution in [3.05, 3.63) is 65.7 Å². The Hall–Kier alpha value is -2.27. The quantitative estimate of drug-likeness (QED) is 0.633. The summed E-state index contributed by atoms with van der Waals surface area (Å²) < 4.78 is 24.2. The monoisotopic (exact) mass is 412 g/mol. The average molecular weight is 413 g/mol. The first kappa shape index (κ1) is 21.4. The molecule has 1 aliphatic rings. The topological polar surface area (TPSA) is 68.3 Å². The Labute approximate surface area is 173 Å². The van der Waals surface area contributed by atoms with Crippen LogP contribution in [-0.2, 0) is 25.8 Å². The summed E-state index contributed by atoms with van der Waals surface area (Å²) in [6, 6.07) is 17.0. The standard InChI is InChI=1S/C24H28O4S/c1-17(25)22(16-21-10-6-7-11-23(21)29(2,27)28)24(26)20-14-12-19(13-15-20)18-8-4-3-5-9-18/h3-11,19-20,22H,12-16H2,1-2H3. The van der Waals surface area contributed by atoms with E-state index in [9.17, 15) is 18.0 Å². The van der Waals surface area contributed by atoms with E-state index in [0.29, 0.717) is 11.5 Å². The van der Waals surface area contributed by atoms with Crippen LogP contribution in [0.25, 0.3) is 0 Å². The first-order chi connectivity index (χ1) is 13.8. The summed E-state index contributed by atoms with van der Waals surface area (Å²) in [5.41, 5.74) is 1.85. The van der Waals surface area contributed by atoms with E-state index in [-0.39, 0.29) is 28.8 Å². The van der Waals surface area contributed by atoms with Crippen LogP contribution in [0.2, 0.25) is 0 Å². The third-order valence-electron chi connectivity index (χ3n) is 6.03. The van der Waals surface area contributed by atoms with Gasteiger partial charge in [-0.05, 0) is 62.1 Å². The van der Waals surface area contributed by atoms with Gasteiger partial charge in [0.15, 0.2) is 9.84 Å². The van der Waals surface area contributed by atoms with E-state index in [1.807, 2.05) is 18.2 Å². The molecule has 154 valence electrons. The highest BCUT2D eigenvalue weighted by atomic mass is 32.2. The van der Waals surface area contributed by atoms with Gasteiger partial charge in [-0.2, -0.15) is 0 Å². The number of sulfone groups is 1. The zero-order chi connectivity index (χ0) is 21.0. The largest absolute Gasteiger partial charge is 0.299 e. The normalized spacial score (nSPS) is 20.8. The number of carbonyl (C=O) groups excluding carboxylic acids is 2. The smallest absolute Gasteiger partial charge is 0.175 e. The molecule has 1 atom stereocenters. The van der Waals surface area contributed by atoms with Crippen molar-refractivity contribution in [1.82, 2.24) is 0 Å². The van der Waals surface area contributed by atoms with E-state index in [0.717, 1.165) is 31.9 Å². The number of benzene rings is 2. The van der Waals surface area contributed by atoms with E-state index in [1.165, 1.54) is 18.6 Å². The lowest BCUT2D eigenvalue weighted by Gasteiger charge is -2.30. The van der Waals surface area contributed by atoms with Crippen LogP contribution >= 0.6 is 0 Å². The van der Waals surface area contributed by atoms with Crippen molar-refractivity contribution >= 4 is 21.4 Å². The molecule has 1 fully saturated rings. The molecule has 0 N–H and O–H groups in total. The summed E-state index contributed by atoms with van der Waals surface area (Å²) in [6.45, 7) is 1.43. The summed E-state index contributed by atoms with van der Waals surface area (Å²) in [6.07, 6.45) is 4.72. The minimum Gasteiger partial charge on any atom is -0.299 e. The molecule has 1 aliphatic carbocycles. The maximum Gasteiger partial charge on any atom is 0.175 e. The van der Waals surface area contributed by atoms with Gasteiger partial charge in [0.1, 0.15) is 11.6 Å². The number of rotatable bonds is 7. The van der Waals surface area contributed by atoms with Crippen LogP contribution in [0, 0.1) is 11.8 Å². The maximum absolute atomic E-state index is 13.2. The van der Waals surface area contributed by atoms with Gasteiger partial charge in [0, 0.05) is 12.2 Å². The van der Waals surface area contributed by atoms with Crippen molar-refractivity contribution in [3.8, 4) is 0 Å². The van der Waals surface area contributed by atoms with Crippen LogP contribution in [0.3, 0.4) is 0 Å². The van der Waals surface area contributed by atoms with Crippen molar-refractivity contribution in [2.45, 2.75) is 49.8 Å². The van der Waals surface area contributed by atoms with Crippen LogP contribution in [-0.4, -0.2) is 26.2 Å². The first-order valence-corrected chi connectivity index (χ1v) is 12.0. The number of carbonyl (C=O) groups is 2. The molecule has 29 heavy (non-hydrogen) atoms. The zero-order valence-corrected chi connectivity index (χ0v) is 17.8. The van der Waals surface area contributed by atoms with Gasteiger partial charge in [-0.3, -0.25) is 9.59 Å². The SMILES string of the molecule is CC(=O)C(Cc1ccccc1S(C)(=O)=O)C(=O)C1CCC(c2ccccc2)CC1. The number of hydrogen-bond donors (Lipinski definition) is 0. The maximum atomic E-state index is 13.2. The van der Waals surface area contributed by atoms with Crippen molar-refractivity contribution in [2.75, 3.05) is 6.26 Å². The van der Waals surface area contributed by atoms with Gasteiger partial charge in [0.25, 0.3) is 0 Å². The van der Waals surface area contributed by atoms with Gasteiger partial charge in [0.2, 0.25) is 0 Å². The molecule has 1 unspecified atom stereocenters. The predicted octanol–water partition coefficient (Wildman–Crippen LogP) is 4.38. The summed E-state index contributed by atoms with van der Waals surface area (Å²) in [5.74, 6) is -0.678. The molecule has 2 aromatic carbocycles. The van der Waals surface area contributed by atoms with E-state index in [1.54, 1.807) is 18.2 Å². The van der Waals surface area contributed by atoms with Crippen LogP contribution in [0.5, 0.6) is 0 Å². The number of Topliss-reactive ketones (excluding diaryl/α,β-unsaturated/α-hetero) is 2. The van der Waals surface area contributed by atoms with E-state index in [2.05, 4.69) is 12.1 Å². The molecule has 0 bridgehead atoms. The Balaban J connectivity index is 1.73. The molecule has 0 heterocycles. The molecule has 2 aromatic rings. The van der Waals surface area contributed by atoms with Crippen LogP contribution < -0.4 is 0 Å². The highest BCUT2D eigenvalue weighted by molar-refractivity contribution is 7.90. The fourth-order valence-corrected chi connectivity index (χ4v) is 5.37. The molecular weight excluding hydrogens is 384 g/mol. The van der Waals surface area contributed by atoms with Crippen molar-refractivity contribution in [1.29, 1.82) is 0 Å². The molecule has 4 nitrogen and oxygen atoms in total. The number of ketones is 2. The fraction of sp³-hybridized carbons (Fsp3) is 0.417. The van der Waals surface area contributed by atoms with E-state index in [4.69, 9.17) is 0 Å². The third kappa shape index (κ3) is 5.21. The van der Waals surface area contributed by atoms with E-state index >= 15 is 0 Å². The second-order valence-corrected chi connectivity index (χ2v) is 10.1. The number of hydrogen-bond acceptors (Lipinski definition) is 4. The lowest BCUT2D eigenvalue weighted by Crippen LogP contribution is -2.32. The molecule has 0 aromatic heterocycles. The summed E-state index contributed by atoms with van der Waals surface area (Å²) in [7, 11) is -3.42. The van der Waals surface area contributed by atoms with Gasteiger partial charge in [-0.1, -0.05) is 48.5 Å². The van der Waals surface area contributed by atoms with E-state index < -0.39 is 15.8 Å². The Morgan fingerprint density at radius 3 is 2.10 bits per heavy atom. The molecule has 0 radical (unpaired) electrons. The average Bonchev–Trinajstić information content (AvgIpc) is 2.71. The Morgan fingerprint density at radius 2 is 1.52 bits per heavy atom. The van der Waals surface area contributed by atoms with Crippen LogP contribution in [0.15, 0.2) is 59.5 Å². The van der Waals surface area contributed by atoms with Crippen molar-refractivity contribution < 1.29 is 18.0 Å². The van der Waals surface area contributed by atoms with Gasteiger partial charge in [-0.25, -0.2) is 8.42 Å². The van der Waals surface area contributed by atoms with Crippen LogP contribution in [0.1, 0.15) is 49.7 Å². The molecule has 0 saturated heterocycles. The second-order valence-electron chi connectivity index (χ2n) is 8.11. The lowest BCUT2D eigenvalue weighted by molar-refractivity contribution is -0.134. The summed E-state index contributed by atoms with van der Waals surface area (Å²) in [4.78, 5) is 25.7. The van der Waals surface area contributed by atoms with Crippen LogP contribution in [0.4, 0.5) is 0 Å². The molecule has 3 rings (SSSR count). The summed E-state index contributed by atoms with van der Waals surface area (Å²) >= 11 is 0. The van der Waals surface area contributed by atoms with Gasteiger partial charge in [0.05, 0.1) is 10.8 Å². The minimum absolute atomic E-state index is 0.0349. The zero-order valence-electron chi connectivity index (χ0n) is 17.0. The summed E-state index contributed by atoms with van der Waals surface area (Å²) in [5, 5.41) is 0. The predicted molar refractivity (Wildman–Crippen MR) is 114 cm³/mol. The molecule has 1 saturated carbocycles. The molecule has 0 spiro atoms. The molecule has 5 heteroatoms. The Morgan fingerprint density at radius 1 is 0.931 bits per heavy atom. The molecule has 0 aliphatic heterocycles. The van der Waals surface area contributed by atoms with Gasteiger partial charge >= 0.3 is 0 Å². The van der Waals surface area contributed by atoms with Gasteiger partial charge < -0.3 is 0 Å².